The Kier molecular flexibility index (Phi) is 6.73. The lowest BCUT2D eigenvalue weighted by molar-refractivity contribution is -0.0948. The Bertz CT molecular complexity index is 1480. The van der Waals surface area contributed by atoms with Gasteiger partial charge in [-0.25, -0.2) is 0 Å². The first-order valence-corrected chi connectivity index (χ1v) is 16.7. The molecule has 0 saturated carbocycles. The van der Waals surface area contributed by atoms with Crippen LogP contribution in [0.5, 0.6) is 5.75 Å². The van der Waals surface area contributed by atoms with Crippen LogP contribution in [0, 0.1) is 11.3 Å². The molecule has 8 rings (SSSR count). The van der Waals surface area contributed by atoms with E-state index in [1.54, 1.807) is 6.07 Å². The van der Waals surface area contributed by atoms with Crippen LogP contribution >= 0.6 is 0 Å². The number of nitrogens with one attached hydrogen (secondary N) is 1. The molecule has 2 fully saturated rings. The molecule has 0 radical (unpaired) electrons. The van der Waals surface area contributed by atoms with E-state index in [2.05, 4.69) is 45.2 Å². The number of aliphatic hydroxyl groups is 1. The number of rotatable bonds is 1. The standard InChI is InChI=1S/C36H46N4O2/c41-26-12-13-31-28(21-26)27-14-17-37-32(33(27)38-31)29-23-36(42)16-8-4-1-2-5-9-18-39-20-15-30(29)35(24-39)22-25-11-7-3-6-10-19-40(25)34(35)36/h1,4,7,11-13,21,23,25,30,34,38,41-42H,2-3,5-6,8-10,14-20,22,24H2/b4-1-,11-7-/t25-,30?,34+,35-,36-/m0/s1. The normalized spacial score (nSPS) is 38.4. The van der Waals surface area contributed by atoms with Crippen molar-refractivity contribution in [2.45, 2.75) is 88.3 Å². The lowest BCUT2D eigenvalue weighted by Gasteiger charge is -2.58. The van der Waals surface area contributed by atoms with E-state index >= 15 is 0 Å². The first-order chi connectivity index (χ1) is 20.6. The number of H-pyrrole nitrogens is 1. The molecule has 1 aromatic heterocycles. The number of hydrogen-bond donors (Lipinski definition) is 3. The summed E-state index contributed by atoms with van der Waals surface area (Å²) in [6.07, 6.45) is 23.9. The van der Waals surface area contributed by atoms with E-state index in [4.69, 9.17) is 4.99 Å². The van der Waals surface area contributed by atoms with Gasteiger partial charge in [0, 0.05) is 35.4 Å². The van der Waals surface area contributed by atoms with E-state index in [0.29, 0.717) is 17.7 Å². The number of benzene rings is 1. The molecule has 2 aromatic rings. The van der Waals surface area contributed by atoms with Crippen LogP contribution in [-0.4, -0.2) is 81.1 Å². The number of allylic oxidation sites excluding steroid dienone is 4. The van der Waals surface area contributed by atoms with Gasteiger partial charge < -0.3 is 20.1 Å². The molecule has 3 N–H and O–H groups in total. The third-order valence-electron chi connectivity index (χ3n) is 11.5. The summed E-state index contributed by atoms with van der Waals surface area (Å²) < 4.78 is 0. The molecule has 6 nitrogen and oxygen atoms in total. The molecule has 222 valence electrons. The molecule has 2 saturated heterocycles. The lowest BCUT2D eigenvalue weighted by atomic mass is 9.54. The van der Waals surface area contributed by atoms with Crippen molar-refractivity contribution in [3.05, 3.63) is 65.4 Å². The molecule has 5 aliphatic heterocycles. The molecule has 1 aromatic carbocycles. The Morgan fingerprint density at radius 3 is 2.76 bits per heavy atom. The van der Waals surface area contributed by atoms with Gasteiger partial charge in [0.15, 0.2) is 0 Å². The minimum absolute atomic E-state index is 0.0153. The highest BCUT2D eigenvalue weighted by Gasteiger charge is 2.66. The van der Waals surface area contributed by atoms with Crippen LogP contribution < -0.4 is 0 Å². The summed E-state index contributed by atoms with van der Waals surface area (Å²) in [5, 5.41) is 24.5. The molecule has 3 bridgehead atoms. The molecular formula is C36H46N4O2. The van der Waals surface area contributed by atoms with Gasteiger partial charge in [0.1, 0.15) is 5.75 Å². The number of nitrogens with zero attached hydrogens (tertiary/aromatic N) is 3. The predicted octanol–water partition coefficient (Wildman–Crippen LogP) is 5.90. The van der Waals surface area contributed by atoms with Gasteiger partial charge in [0.25, 0.3) is 0 Å². The molecule has 6 aliphatic rings. The minimum atomic E-state index is -0.917. The van der Waals surface area contributed by atoms with Crippen molar-refractivity contribution in [3.63, 3.8) is 0 Å². The van der Waals surface area contributed by atoms with Crippen molar-refractivity contribution < 1.29 is 10.2 Å². The maximum absolute atomic E-state index is 13.1. The highest BCUT2D eigenvalue weighted by atomic mass is 16.3. The van der Waals surface area contributed by atoms with Gasteiger partial charge >= 0.3 is 0 Å². The summed E-state index contributed by atoms with van der Waals surface area (Å²) in [7, 11) is 0. The van der Waals surface area contributed by atoms with E-state index in [0.717, 1.165) is 93.6 Å². The molecule has 0 amide bonds. The summed E-state index contributed by atoms with van der Waals surface area (Å²) in [5.74, 6) is 0.674. The van der Waals surface area contributed by atoms with E-state index in [1.165, 1.54) is 43.2 Å². The molecule has 6 heterocycles. The van der Waals surface area contributed by atoms with Crippen molar-refractivity contribution in [2.24, 2.45) is 16.3 Å². The third kappa shape index (κ3) is 4.28. The number of aromatic nitrogens is 1. The topological polar surface area (TPSA) is 75.1 Å². The fourth-order valence-electron chi connectivity index (χ4n) is 9.88. The molecule has 6 atom stereocenters. The SMILES string of the molecule is Oc1ccc2[nH]c3c(c2c1)CCN=C3C1=C[C@@]2(O)CC/C=C\CCCCN3CCC1[C@]1(C[C@@H]4/C=C\CCCCN4[C@H]12)C3. The Morgan fingerprint density at radius 2 is 1.83 bits per heavy atom. The fraction of sp³-hybridized carbons (Fsp3) is 0.583. The number of aromatic amines is 1. The molecule has 42 heavy (non-hydrogen) atoms. The average molecular weight is 567 g/mol. The van der Waals surface area contributed by atoms with Gasteiger partial charge in [-0.05, 0) is 132 Å². The van der Waals surface area contributed by atoms with Crippen LogP contribution in [0.4, 0.5) is 0 Å². The second-order valence-electron chi connectivity index (χ2n) is 14.0. The maximum atomic E-state index is 13.1. The lowest BCUT2D eigenvalue weighted by Crippen LogP contribution is -2.66. The van der Waals surface area contributed by atoms with E-state index in [1.807, 2.05) is 12.1 Å². The van der Waals surface area contributed by atoms with E-state index in [9.17, 15) is 10.2 Å². The summed E-state index contributed by atoms with van der Waals surface area (Å²) in [4.78, 5) is 14.5. The van der Waals surface area contributed by atoms with Crippen molar-refractivity contribution in [2.75, 3.05) is 32.7 Å². The van der Waals surface area contributed by atoms with Crippen LogP contribution in [-0.2, 0) is 6.42 Å². The molecule has 6 heteroatoms. The monoisotopic (exact) mass is 566 g/mol. The Labute approximate surface area is 249 Å². The number of hydrogen-bond acceptors (Lipinski definition) is 5. The van der Waals surface area contributed by atoms with Crippen LogP contribution in [0.2, 0.25) is 0 Å². The first kappa shape index (κ1) is 26.9. The van der Waals surface area contributed by atoms with Crippen LogP contribution in [0.1, 0.15) is 75.5 Å². The highest BCUT2D eigenvalue weighted by Crippen LogP contribution is 2.60. The number of aliphatic imine (C=N–C) groups is 1. The predicted molar refractivity (Wildman–Crippen MR) is 169 cm³/mol. The van der Waals surface area contributed by atoms with E-state index in [-0.39, 0.29) is 11.5 Å². The van der Waals surface area contributed by atoms with Crippen LogP contribution in [0.25, 0.3) is 10.9 Å². The van der Waals surface area contributed by atoms with Crippen LogP contribution in [0.3, 0.4) is 0 Å². The first-order valence-electron chi connectivity index (χ1n) is 16.7. The van der Waals surface area contributed by atoms with Crippen molar-refractivity contribution in [3.8, 4) is 5.75 Å². The summed E-state index contributed by atoms with van der Waals surface area (Å²) in [5.41, 5.74) is 4.84. The van der Waals surface area contributed by atoms with Crippen molar-refractivity contribution in [1.29, 1.82) is 0 Å². The van der Waals surface area contributed by atoms with Crippen LogP contribution in [0.15, 0.2) is 59.1 Å². The zero-order chi connectivity index (χ0) is 28.3. The quantitative estimate of drug-likeness (QED) is 0.376. The summed E-state index contributed by atoms with van der Waals surface area (Å²) in [6, 6.07) is 6.16. The number of aromatic hydroxyl groups is 1. The van der Waals surface area contributed by atoms with Gasteiger partial charge in [-0.2, -0.15) is 0 Å². The average Bonchev–Trinajstić information content (AvgIpc) is 3.48. The van der Waals surface area contributed by atoms with Gasteiger partial charge in [0.2, 0.25) is 0 Å². The molecule has 2 unspecified atom stereocenters. The maximum Gasteiger partial charge on any atom is 0.116 e. The number of fused-ring (bicyclic) bond motifs is 5. The highest BCUT2D eigenvalue weighted by molar-refractivity contribution is 6.16. The molecule has 1 spiro atoms. The van der Waals surface area contributed by atoms with Crippen molar-refractivity contribution >= 4 is 16.6 Å². The second-order valence-corrected chi connectivity index (χ2v) is 14.0. The summed E-state index contributed by atoms with van der Waals surface area (Å²) >= 11 is 0. The largest absolute Gasteiger partial charge is 0.508 e. The van der Waals surface area contributed by atoms with Crippen molar-refractivity contribution in [1.82, 2.24) is 14.8 Å². The number of phenols is 1. The van der Waals surface area contributed by atoms with Gasteiger partial charge in [-0.15, -0.1) is 0 Å². The fourth-order valence-corrected chi connectivity index (χ4v) is 9.88. The zero-order valence-electron chi connectivity index (χ0n) is 24.9. The van der Waals surface area contributed by atoms with Gasteiger partial charge in [-0.3, -0.25) is 9.89 Å². The second kappa shape index (κ2) is 10.5. The Hall–Kier alpha value is -2.67. The number of piperidine rings is 1. The third-order valence-corrected chi connectivity index (χ3v) is 11.5. The van der Waals surface area contributed by atoms with E-state index < -0.39 is 5.60 Å². The smallest absolute Gasteiger partial charge is 0.116 e. The Morgan fingerprint density at radius 1 is 0.976 bits per heavy atom. The summed E-state index contributed by atoms with van der Waals surface area (Å²) in [6.45, 7) is 5.16. The van der Waals surface area contributed by atoms with Gasteiger partial charge in [-0.1, -0.05) is 24.3 Å². The zero-order valence-corrected chi connectivity index (χ0v) is 24.9. The Balaban J connectivity index is 1.31. The number of phenolic OH excluding ortho intramolecular Hbond substituents is 1. The van der Waals surface area contributed by atoms with Gasteiger partial charge in [0.05, 0.1) is 23.0 Å². The minimum Gasteiger partial charge on any atom is -0.508 e. The molecular weight excluding hydrogens is 520 g/mol. The molecule has 1 aliphatic carbocycles.